The molecule has 22 heavy (non-hydrogen) atoms. The van der Waals surface area contributed by atoms with Crippen LogP contribution in [0.2, 0.25) is 18.1 Å². The monoisotopic (exact) mass is 325 g/mol. The average molecular weight is 326 g/mol. The molecular weight excluding hydrogens is 294 g/mol. The van der Waals surface area contributed by atoms with Gasteiger partial charge in [0.2, 0.25) is 11.8 Å². The summed E-state index contributed by atoms with van der Waals surface area (Å²) in [5, 5.41) is 8.43. The minimum atomic E-state index is -1.69. The molecule has 126 valence electrons. The van der Waals surface area contributed by atoms with Gasteiger partial charge in [0.05, 0.1) is 12.6 Å². The molecule has 0 aromatic carbocycles. The van der Waals surface area contributed by atoms with Crippen molar-refractivity contribution in [3.05, 3.63) is 11.8 Å². The Bertz CT molecular complexity index is 482. The van der Waals surface area contributed by atoms with E-state index in [2.05, 4.69) is 49.0 Å². The van der Waals surface area contributed by atoms with Crippen LogP contribution in [0.4, 0.5) is 0 Å². The number of hydrogen-bond acceptors (Lipinski definition) is 5. The molecule has 6 heteroatoms. The van der Waals surface area contributed by atoms with Gasteiger partial charge < -0.3 is 8.84 Å². The van der Waals surface area contributed by atoms with Crippen molar-refractivity contribution in [2.75, 3.05) is 13.1 Å². The van der Waals surface area contributed by atoms with Crippen LogP contribution in [0.5, 0.6) is 0 Å². The first-order valence-corrected chi connectivity index (χ1v) is 11.3. The molecule has 0 unspecified atom stereocenters. The molecule has 0 bridgehead atoms. The van der Waals surface area contributed by atoms with Crippen LogP contribution in [-0.2, 0) is 17.4 Å². The van der Waals surface area contributed by atoms with E-state index in [0.29, 0.717) is 6.10 Å². The van der Waals surface area contributed by atoms with Gasteiger partial charge in [-0.1, -0.05) is 27.7 Å². The van der Waals surface area contributed by atoms with E-state index in [1.807, 2.05) is 6.92 Å². The molecule has 0 radical (unpaired) electrons. The van der Waals surface area contributed by atoms with E-state index in [0.717, 1.165) is 44.3 Å². The molecule has 1 aromatic heterocycles. The van der Waals surface area contributed by atoms with Crippen LogP contribution in [0.15, 0.2) is 4.42 Å². The second-order valence-corrected chi connectivity index (χ2v) is 12.6. The standard InChI is InChI=1S/C16H31N3O2Si/c1-7-14-17-18-15(20-14)12-19-10-8-9-13(11-19)21-22(5,6)16(2,3)4/h13H,7-12H2,1-6H3/t13-/m0/s1. The molecule has 0 amide bonds. The summed E-state index contributed by atoms with van der Waals surface area (Å²) >= 11 is 0. The van der Waals surface area contributed by atoms with E-state index >= 15 is 0 Å². The predicted octanol–water partition coefficient (Wildman–Crippen LogP) is 3.62. The maximum atomic E-state index is 6.57. The maximum Gasteiger partial charge on any atom is 0.230 e. The highest BCUT2D eigenvalue weighted by Crippen LogP contribution is 2.38. The van der Waals surface area contributed by atoms with E-state index in [-0.39, 0.29) is 5.04 Å². The summed E-state index contributed by atoms with van der Waals surface area (Å²) in [5.41, 5.74) is 0. The lowest BCUT2D eigenvalue weighted by Gasteiger charge is -2.42. The maximum absolute atomic E-state index is 6.57. The summed E-state index contributed by atoms with van der Waals surface area (Å²) in [4.78, 5) is 2.38. The van der Waals surface area contributed by atoms with Crippen molar-refractivity contribution in [2.24, 2.45) is 0 Å². The van der Waals surface area contributed by atoms with Crippen LogP contribution < -0.4 is 0 Å². The highest BCUT2D eigenvalue weighted by atomic mass is 28.4. The molecule has 1 saturated heterocycles. The Morgan fingerprint density at radius 3 is 2.55 bits per heavy atom. The zero-order chi connectivity index (χ0) is 16.4. The minimum Gasteiger partial charge on any atom is -0.424 e. The number of aromatic nitrogens is 2. The fourth-order valence-corrected chi connectivity index (χ4v) is 3.91. The molecule has 1 atom stereocenters. The second kappa shape index (κ2) is 6.80. The lowest BCUT2D eigenvalue weighted by molar-refractivity contribution is 0.0693. The van der Waals surface area contributed by atoms with Gasteiger partial charge in [0, 0.05) is 13.0 Å². The van der Waals surface area contributed by atoms with Gasteiger partial charge in [-0.2, -0.15) is 0 Å². The van der Waals surface area contributed by atoms with Crippen molar-refractivity contribution in [1.29, 1.82) is 0 Å². The number of nitrogens with zero attached hydrogens (tertiary/aromatic N) is 3. The van der Waals surface area contributed by atoms with Gasteiger partial charge in [0.15, 0.2) is 8.32 Å². The molecule has 2 rings (SSSR count). The van der Waals surface area contributed by atoms with E-state index in [1.54, 1.807) is 0 Å². The molecule has 0 saturated carbocycles. The molecule has 1 aliphatic rings. The molecule has 2 heterocycles. The Labute approximate surface area is 135 Å². The van der Waals surface area contributed by atoms with Crippen LogP contribution in [0.25, 0.3) is 0 Å². The SMILES string of the molecule is CCc1nnc(CN2CCC[C@H](O[Si](C)(C)C(C)(C)C)C2)o1. The van der Waals surface area contributed by atoms with Crippen LogP contribution in [0, 0.1) is 0 Å². The summed E-state index contributed by atoms with van der Waals surface area (Å²) < 4.78 is 12.2. The Hall–Kier alpha value is -0.723. The molecular formula is C16H31N3O2Si. The fraction of sp³-hybridized carbons (Fsp3) is 0.875. The van der Waals surface area contributed by atoms with E-state index < -0.39 is 8.32 Å². The van der Waals surface area contributed by atoms with Crippen LogP contribution in [-0.4, -0.2) is 42.6 Å². The average Bonchev–Trinajstić information content (AvgIpc) is 2.85. The van der Waals surface area contributed by atoms with Gasteiger partial charge in [0.25, 0.3) is 0 Å². The van der Waals surface area contributed by atoms with Crippen molar-refractivity contribution in [1.82, 2.24) is 15.1 Å². The second-order valence-electron chi connectivity index (χ2n) is 7.82. The van der Waals surface area contributed by atoms with Crippen molar-refractivity contribution in [3.8, 4) is 0 Å². The van der Waals surface area contributed by atoms with Crippen molar-refractivity contribution in [2.45, 2.75) is 77.7 Å². The third-order valence-corrected chi connectivity index (χ3v) is 9.43. The predicted molar refractivity (Wildman–Crippen MR) is 90.3 cm³/mol. The fourth-order valence-electron chi connectivity index (χ4n) is 2.53. The Morgan fingerprint density at radius 2 is 1.95 bits per heavy atom. The quantitative estimate of drug-likeness (QED) is 0.774. The number of aryl methyl sites for hydroxylation is 1. The Morgan fingerprint density at radius 1 is 1.27 bits per heavy atom. The lowest BCUT2D eigenvalue weighted by Crippen LogP contribution is -2.49. The van der Waals surface area contributed by atoms with Gasteiger partial charge in [-0.25, -0.2) is 0 Å². The highest BCUT2D eigenvalue weighted by molar-refractivity contribution is 6.74. The van der Waals surface area contributed by atoms with Gasteiger partial charge in [-0.05, 0) is 37.5 Å². The zero-order valence-electron chi connectivity index (χ0n) is 15.0. The summed E-state index contributed by atoms with van der Waals surface area (Å²) in [6, 6.07) is 0. The first kappa shape index (κ1) is 17.6. The van der Waals surface area contributed by atoms with Gasteiger partial charge in [-0.15, -0.1) is 10.2 Å². The highest BCUT2D eigenvalue weighted by Gasteiger charge is 2.39. The summed E-state index contributed by atoms with van der Waals surface area (Å²) in [6.07, 6.45) is 3.47. The topological polar surface area (TPSA) is 51.4 Å². The summed E-state index contributed by atoms with van der Waals surface area (Å²) in [6.45, 7) is 16.4. The Kier molecular flexibility index (Phi) is 5.45. The molecule has 0 spiro atoms. The molecule has 1 aromatic rings. The van der Waals surface area contributed by atoms with Crippen LogP contribution in [0.3, 0.4) is 0 Å². The Balaban J connectivity index is 1.91. The number of likely N-dealkylation sites (tertiary alicyclic amines) is 1. The first-order valence-electron chi connectivity index (χ1n) is 8.42. The number of rotatable bonds is 5. The first-order chi connectivity index (χ1) is 10.2. The van der Waals surface area contributed by atoms with Gasteiger partial charge >= 0.3 is 0 Å². The molecule has 1 aliphatic heterocycles. The minimum absolute atomic E-state index is 0.262. The van der Waals surface area contributed by atoms with Crippen molar-refractivity contribution >= 4 is 8.32 Å². The number of hydrogen-bond donors (Lipinski definition) is 0. The lowest BCUT2D eigenvalue weighted by atomic mass is 10.1. The largest absolute Gasteiger partial charge is 0.424 e. The third-order valence-electron chi connectivity index (χ3n) is 4.90. The number of piperidine rings is 1. The smallest absolute Gasteiger partial charge is 0.230 e. The van der Waals surface area contributed by atoms with Crippen molar-refractivity contribution in [3.63, 3.8) is 0 Å². The zero-order valence-corrected chi connectivity index (χ0v) is 16.0. The van der Waals surface area contributed by atoms with Crippen molar-refractivity contribution < 1.29 is 8.84 Å². The summed E-state index contributed by atoms with van der Waals surface area (Å²) in [5.74, 6) is 1.45. The molecule has 0 aliphatic carbocycles. The van der Waals surface area contributed by atoms with Crippen LogP contribution >= 0.6 is 0 Å². The van der Waals surface area contributed by atoms with E-state index in [9.17, 15) is 0 Å². The molecule has 0 N–H and O–H groups in total. The molecule has 1 fully saturated rings. The van der Waals surface area contributed by atoms with E-state index in [4.69, 9.17) is 8.84 Å². The normalized spacial score (nSPS) is 21.3. The third kappa shape index (κ3) is 4.40. The van der Waals surface area contributed by atoms with E-state index in [1.165, 1.54) is 6.42 Å². The summed E-state index contributed by atoms with van der Waals surface area (Å²) in [7, 11) is -1.69. The van der Waals surface area contributed by atoms with Gasteiger partial charge in [-0.3, -0.25) is 4.90 Å². The van der Waals surface area contributed by atoms with Crippen LogP contribution in [0.1, 0.15) is 52.3 Å². The molecule has 5 nitrogen and oxygen atoms in total. The van der Waals surface area contributed by atoms with Gasteiger partial charge in [0.1, 0.15) is 0 Å².